The molecule has 3 aromatic rings. The monoisotopic (exact) mass is 424 g/mol. The number of benzene rings is 3. The minimum atomic E-state index is 0.0229. The van der Waals surface area contributed by atoms with E-state index in [4.69, 9.17) is 0 Å². The van der Waals surface area contributed by atoms with Gasteiger partial charge in [0.25, 0.3) is 5.91 Å². The number of amides is 1. The maximum absolute atomic E-state index is 12.5. The number of fused-ring (bicyclic) bond motifs is 3. The lowest BCUT2D eigenvalue weighted by atomic mass is 9.79. The minimum absolute atomic E-state index is 0.0229. The van der Waals surface area contributed by atoms with E-state index >= 15 is 0 Å². The molecule has 32 heavy (non-hydrogen) atoms. The molecule has 164 valence electrons. The van der Waals surface area contributed by atoms with Crippen LogP contribution in [0.3, 0.4) is 0 Å². The molecule has 5 rings (SSSR count). The van der Waals surface area contributed by atoms with Gasteiger partial charge in [0.2, 0.25) is 0 Å². The summed E-state index contributed by atoms with van der Waals surface area (Å²) in [4.78, 5) is 15.2. The van der Waals surface area contributed by atoms with Crippen LogP contribution in [0.4, 0.5) is 0 Å². The van der Waals surface area contributed by atoms with Gasteiger partial charge in [0.1, 0.15) is 0 Å². The van der Waals surface area contributed by atoms with Crippen molar-refractivity contribution < 1.29 is 4.79 Å². The van der Waals surface area contributed by atoms with E-state index in [1.54, 1.807) is 11.1 Å². The summed E-state index contributed by atoms with van der Waals surface area (Å²) in [5.74, 6) is 0.744. The number of unbranched alkanes of at least 4 members (excludes halogenated alkanes) is 1. The Morgan fingerprint density at radius 2 is 1.59 bits per heavy atom. The Morgan fingerprint density at radius 3 is 2.44 bits per heavy atom. The summed E-state index contributed by atoms with van der Waals surface area (Å²) in [7, 11) is 0. The topological polar surface area (TPSA) is 32.3 Å². The summed E-state index contributed by atoms with van der Waals surface area (Å²) >= 11 is 0. The first-order valence-corrected chi connectivity index (χ1v) is 12.0. The molecule has 3 heteroatoms. The Morgan fingerprint density at radius 1 is 0.844 bits per heavy atom. The van der Waals surface area contributed by atoms with E-state index in [9.17, 15) is 4.79 Å². The average molecular weight is 425 g/mol. The minimum Gasteiger partial charge on any atom is -0.352 e. The molecule has 1 N–H and O–H groups in total. The van der Waals surface area contributed by atoms with Gasteiger partial charge in [-0.05, 0) is 79.6 Å². The Kier molecular flexibility index (Phi) is 6.36. The van der Waals surface area contributed by atoms with Crippen molar-refractivity contribution in [3.63, 3.8) is 0 Å². The molecule has 1 heterocycles. The number of carbonyl (C=O) groups is 1. The number of hydrogen-bond donors (Lipinski definition) is 1. The summed E-state index contributed by atoms with van der Waals surface area (Å²) in [5, 5.41) is 3.10. The van der Waals surface area contributed by atoms with Crippen LogP contribution >= 0.6 is 0 Å². The van der Waals surface area contributed by atoms with Gasteiger partial charge in [-0.2, -0.15) is 0 Å². The van der Waals surface area contributed by atoms with E-state index in [1.165, 1.54) is 31.4 Å². The van der Waals surface area contributed by atoms with Crippen LogP contribution in [0.15, 0.2) is 78.9 Å². The van der Waals surface area contributed by atoms with E-state index in [-0.39, 0.29) is 5.91 Å². The molecule has 0 bridgehead atoms. The van der Waals surface area contributed by atoms with E-state index in [2.05, 4.69) is 46.6 Å². The smallest absolute Gasteiger partial charge is 0.251 e. The molecule has 0 saturated carbocycles. The molecule has 1 amide bonds. The van der Waals surface area contributed by atoms with Crippen molar-refractivity contribution >= 4 is 5.91 Å². The predicted molar refractivity (Wildman–Crippen MR) is 131 cm³/mol. The van der Waals surface area contributed by atoms with Crippen molar-refractivity contribution in [1.29, 1.82) is 0 Å². The van der Waals surface area contributed by atoms with Gasteiger partial charge in [0.15, 0.2) is 0 Å². The zero-order chi connectivity index (χ0) is 21.8. The second kappa shape index (κ2) is 9.70. The SMILES string of the molecule is O=C(NCCCCN1CC[C@H]2c3ccccc3CC[C@@H]21)c1ccc(-c2ccccc2)cc1. The highest BCUT2D eigenvalue weighted by Crippen LogP contribution is 2.41. The predicted octanol–water partition coefficient (Wildman–Crippen LogP) is 5.67. The number of nitrogens with zero attached hydrogens (tertiary/aromatic N) is 1. The van der Waals surface area contributed by atoms with E-state index in [0.717, 1.165) is 43.0 Å². The largest absolute Gasteiger partial charge is 0.352 e. The van der Waals surface area contributed by atoms with Crippen LogP contribution in [0.5, 0.6) is 0 Å². The van der Waals surface area contributed by atoms with E-state index in [1.807, 2.05) is 42.5 Å². The third-order valence-corrected chi connectivity index (χ3v) is 7.24. The molecule has 1 aliphatic heterocycles. The third kappa shape index (κ3) is 4.49. The molecule has 1 saturated heterocycles. The average Bonchev–Trinajstić information content (AvgIpc) is 3.28. The van der Waals surface area contributed by atoms with E-state index in [0.29, 0.717) is 6.04 Å². The summed E-state index contributed by atoms with van der Waals surface area (Å²) < 4.78 is 0. The molecule has 1 aliphatic carbocycles. The van der Waals surface area contributed by atoms with Gasteiger partial charge in [0.05, 0.1) is 0 Å². The normalized spacial score (nSPS) is 19.9. The van der Waals surface area contributed by atoms with Crippen molar-refractivity contribution in [1.82, 2.24) is 10.2 Å². The fraction of sp³-hybridized carbons (Fsp3) is 0.345. The molecule has 0 aromatic heterocycles. The summed E-state index contributed by atoms with van der Waals surface area (Å²) in [6.07, 6.45) is 5.96. The molecule has 3 aromatic carbocycles. The number of rotatable bonds is 7. The third-order valence-electron chi connectivity index (χ3n) is 7.24. The zero-order valence-electron chi connectivity index (χ0n) is 18.7. The van der Waals surface area contributed by atoms with Crippen molar-refractivity contribution in [2.24, 2.45) is 0 Å². The lowest BCUT2D eigenvalue weighted by Crippen LogP contribution is -2.36. The van der Waals surface area contributed by atoms with Crippen molar-refractivity contribution in [3.8, 4) is 11.1 Å². The van der Waals surface area contributed by atoms with Gasteiger partial charge >= 0.3 is 0 Å². The maximum atomic E-state index is 12.5. The standard InChI is InChI=1S/C29H32N2O/c32-29(25-14-12-23(13-15-25)22-8-2-1-3-9-22)30-19-6-7-20-31-21-18-27-26-11-5-4-10-24(26)16-17-28(27)31/h1-5,8-15,27-28H,6-7,16-21H2,(H,30,32)/t27-,28-/m0/s1. The first-order chi connectivity index (χ1) is 15.8. The molecule has 2 atom stereocenters. The number of aryl methyl sites for hydroxylation is 1. The van der Waals surface area contributed by atoms with Crippen LogP contribution in [-0.2, 0) is 6.42 Å². The molecule has 1 fully saturated rings. The van der Waals surface area contributed by atoms with Crippen molar-refractivity contribution in [2.75, 3.05) is 19.6 Å². The van der Waals surface area contributed by atoms with Crippen LogP contribution in [-0.4, -0.2) is 36.5 Å². The Labute approximate surface area is 191 Å². The van der Waals surface area contributed by atoms with Crippen LogP contribution in [0, 0.1) is 0 Å². The number of nitrogens with one attached hydrogen (secondary N) is 1. The van der Waals surface area contributed by atoms with Crippen LogP contribution in [0.2, 0.25) is 0 Å². The zero-order valence-corrected chi connectivity index (χ0v) is 18.7. The molecule has 0 radical (unpaired) electrons. The molecular formula is C29H32N2O. The second-order valence-electron chi connectivity index (χ2n) is 9.14. The van der Waals surface area contributed by atoms with Crippen LogP contribution < -0.4 is 5.32 Å². The molecule has 0 spiro atoms. The number of hydrogen-bond acceptors (Lipinski definition) is 2. The van der Waals surface area contributed by atoms with Gasteiger partial charge in [-0.25, -0.2) is 0 Å². The van der Waals surface area contributed by atoms with Gasteiger partial charge in [-0.15, -0.1) is 0 Å². The van der Waals surface area contributed by atoms with Gasteiger partial charge in [-0.3, -0.25) is 9.69 Å². The Bertz CT molecular complexity index is 1040. The van der Waals surface area contributed by atoms with E-state index < -0.39 is 0 Å². The van der Waals surface area contributed by atoms with Crippen molar-refractivity contribution in [3.05, 3.63) is 95.6 Å². The fourth-order valence-electron chi connectivity index (χ4n) is 5.56. The molecule has 3 nitrogen and oxygen atoms in total. The first kappa shape index (κ1) is 21.0. The molecular weight excluding hydrogens is 392 g/mol. The highest BCUT2D eigenvalue weighted by molar-refractivity contribution is 5.94. The second-order valence-corrected chi connectivity index (χ2v) is 9.14. The summed E-state index contributed by atoms with van der Waals surface area (Å²) in [5.41, 5.74) is 6.20. The molecule has 2 aliphatic rings. The fourth-order valence-corrected chi connectivity index (χ4v) is 5.56. The van der Waals surface area contributed by atoms with Crippen LogP contribution in [0.1, 0.15) is 53.1 Å². The highest BCUT2D eigenvalue weighted by atomic mass is 16.1. The Balaban J connectivity index is 1.06. The van der Waals surface area contributed by atoms with Gasteiger partial charge in [0, 0.05) is 24.1 Å². The van der Waals surface area contributed by atoms with Gasteiger partial charge in [-0.1, -0.05) is 66.7 Å². The quantitative estimate of drug-likeness (QED) is 0.496. The Hall–Kier alpha value is -2.91. The van der Waals surface area contributed by atoms with Crippen LogP contribution in [0.25, 0.3) is 11.1 Å². The first-order valence-electron chi connectivity index (χ1n) is 12.0. The van der Waals surface area contributed by atoms with Gasteiger partial charge < -0.3 is 5.32 Å². The maximum Gasteiger partial charge on any atom is 0.251 e. The van der Waals surface area contributed by atoms with Crippen molar-refractivity contribution in [2.45, 2.75) is 44.1 Å². The lowest BCUT2D eigenvalue weighted by Gasteiger charge is -2.33. The number of carbonyl (C=O) groups excluding carboxylic acids is 1. The summed E-state index contributed by atoms with van der Waals surface area (Å²) in [6, 6.07) is 27.9. The highest BCUT2D eigenvalue weighted by Gasteiger charge is 2.37. The number of likely N-dealkylation sites (tertiary alicyclic amines) is 1. The molecule has 0 unspecified atom stereocenters. The summed E-state index contributed by atoms with van der Waals surface area (Å²) in [6.45, 7) is 3.10. The lowest BCUT2D eigenvalue weighted by molar-refractivity contribution is 0.0952.